The molecule has 0 aromatic rings. The second-order valence-corrected chi connectivity index (χ2v) is 3.87. The summed E-state index contributed by atoms with van der Waals surface area (Å²) in [4.78, 5) is 13.3. The molecule has 4 heteroatoms. The molecule has 0 spiro atoms. The molecule has 3 N–H and O–H groups in total. The molecule has 1 aliphatic rings. The van der Waals surface area contributed by atoms with Gasteiger partial charge in [-0.15, -0.1) is 0 Å². The number of carbonyl (C=O) groups is 1. The van der Waals surface area contributed by atoms with Crippen LogP contribution in [0, 0.1) is 5.92 Å². The molecule has 76 valence electrons. The Kier molecular flexibility index (Phi) is 3.69. The van der Waals surface area contributed by atoms with Crippen LogP contribution in [0.15, 0.2) is 0 Å². The van der Waals surface area contributed by atoms with Crippen LogP contribution in [-0.2, 0) is 4.79 Å². The van der Waals surface area contributed by atoms with Crippen LogP contribution in [0.1, 0.15) is 12.8 Å². The number of hydrogen-bond acceptors (Lipinski definition) is 3. The standard InChI is InChI=1S/C9H19N3O/c1-12(2)8-4-6-11-5-3-7(8)9(10)13/h7-8,11H,3-6H2,1-2H3,(H2,10,13). The summed E-state index contributed by atoms with van der Waals surface area (Å²) in [7, 11) is 4.01. The molecule has 0 bridgehead atoms. The van der Waals surface area contributed by atoms with Crippen LogP contribution < -0.4 is 11.1 Å². The fourth-order valence-corrected chi connectivity index (χ4v) is 1.98. The Morgan fingerprint density at radius 3 is 2.54 bits per heavy atom. The molecule has 0 aromatic heterocycles. The molecule has 1 fully saturated rings. The predicted molar refractivity (Wildman–Crippen MR) is 52.3 cm³/mol. The van der Waals surface area contributed by atoms with Gasteiger partial charge in [-0.2, -0.15) is 0 Å². The van der Waals surface area contributed by atoms with Gasteiger partial charge in [-0.1, -0.05) is 0 Å². The van der Waals surface area contributed by atoms with Crippen LogP contribution in [0.3, 0.4) is 0 Å². The third-order valence-electron chi connectivity index (χ3n) is 2.74. The smallest absolute Gasteiger partial charge is 0.222 e. The number of primary amides is 1. The van der Waals surface area contributed by atoms with E-state index in [-0.39, 0.29) is 11.8 Å². The van der Waals surface area contributed by atoms with Crippen LogP contribution in [0.25, 0.3) is 0 Å². The van der Waals surface area contributed by atoms with Crippen LogP contribution in [-0.4, -0.2) is 44.0 Å². The Balaban J connectivity index is 2.66. The maximum Gasteiger partial charge on any atom is 0.222 e. The zero-order chi connectivity index (χ0) is 9.84. The van der Waals surface area contributed by atoms with Gasteiger partial charge in [0.1, 0.15) is 0 Å². The lowest BCUT2D eigenvalue weighted by molar-refractivity contribution is -0.123. The zero-order valence-electron chi connectivity index (χ0n) is 8.42. The SMILES string of the molecule is CN(C)C1CCNCCC1C(N)=O. The average molecular weight is 185 g/mol. The first-order valence-corrected chi connectivity index (χ1v) is 4.79. The Morgan fingerprint density at radius 2 is 2.00 bits per heavy atom. The van der Waals surface area contributed by atoms with E-state index in [0.29, 0.717) is 6.04 Å². The van der Waals surface area contributed by atoms with Gasteiger partial charge in [0.05, 0.1) is 5.92 Å². The summed E-state index contributed by atoms with van der Waals surface area (Å²) in [5.41, 5.74) is 5.37. The molecule has 1 saturated heterocycles. The van der Waals surface area contributed by atoms with Crippen molar-refractivity contribution >= 4 is 5.91 Å². The quantitative estimate of drug-likeness (QED) is 0.604. The fourth-order valence-electron chi connectivity index (χ4n) is 1.98. The van der Waals surface area contributed by atoms with Gasteiger partial charge < -0.3 is 16.0 Å². The minimum atomic E-state index is -0.164. The topological polar surface area (TPSA) is 58.4 Å². The first-order chi connectivity index (χ1) is 6.13. The summed E-state index contributed by atoms with van der Waals surface area (Å²) in [6.45, 7) is 1.88. The van der Waals surface area contributed by atoms with Crippen molar-refractivity contribution in [2.24, 2.45) is 11.7 Å². The highest BCUT2D eigenvalue weighted by Crippen LogP contribution is 2.17. The van der Waals surface area contributed by atoms with E-state index in [9.17, 15) is 4.79 Å². The molecule has 2 unspecified atom stereocenters. The fraction of sp³-hybridized carbons (Fsp3) is 0.889. The highest BCUT2D eigenvalue weighted by atomic mass is 16.1. The van der Waals surface area contributed by atoms with Crippen molar-refractivity contribution < 1.29 is 4.79 Å². The molecule has 0 aliphatic carbocycles. The minimum absolute atomic E-state index is 0.00463. The minimum Gasteiger partial charge on any atom is -0.369 e. The molecule has 1 aliphatic heterocycles. The highest BCUT2D eigenvalue weighted by molar-refractivity contribution is 5.77. The van der Waals surface area contributed by atoms with Gasteiger partial charge in [-0.05, 0) is 40.0 Å². The van der Waals surface area contributed by atoms with Crippen molar-refractivity contribution in [1.82, 2.24) is 10.2 Å². The third kappa shape index (κ3) is 2.67. The Labute approximate surface area is 79.5 Å². The van der Waals surface area contributed by atoms with Gasteiger partial charge in [-0.3, -0.25) is 4.79 Å². The number of carbonyl (C=O) groups excluding carboxylic acids is 1. The lowest BCUT2D eigenvalue weighted by atomic mass is 9.93. The normalized spacial score (nSPS) is 30.1. The third-order valence-corrected chi connectivity index (χ3v) is 2.74. The summed E-state index contributed by atoms with van der Waals surface area (Å²) in [6, 6.07) is 0.299. The lowest BCUT2D eigenvalue weighted by Crippen LogP contribution is -2.42. The second kappa shape index (κ2) is 4.58. The summed E-state index contributed by atoms with van der Waals surface area (Å²) >= 11 is 0. The Hall–Kier alpha value is -0.610. The van der Waals surface area contributed by atoms with E-state index in [1.165, 1.54) is 0 Å². The maximum atomic E-state index is 11.2. The van der Waals surface area contributed by atoms with Crippen LogP contribution >= 0.6 is 0 Å². The second-order valence-electron chi connectivity index (χ2n) is 3.87. The number of amides is 1. The van der Waals surface area contributed by atoms with E-state index in [4.69, 9.17) is 5.73 Å². The predicted octanol–water partition coefficient (Wildman–Crippen LogP) is -0.598. The first-order valence-electron chi connectivity index (χ1n) is 4.79. The van der Waals surface area contributed by atoms with E-state index in [1.807, 2.05) is 14.1 Å². The number of hydrogen-bond donors (Lipinski definition) is 2. The van der Waals surface area contributed by atoms with Crippen molar-refractivity contribution in [3.05, 3.63) is 0 Å². The molecule has 2 atom stereocenters. The van der Waals surface area contributed by atoms with Crippen LogP contribution in [0.2, 0.25) is 0 Å². The summed E-state index contributed by atoms with van der Waals surface area (Å²) in [5.74, 6) is -0.160. The van der Waals surface area contributed by atoms with Crippen molar-refractivity contribution in [2.45, 2.75) is 18.9 Å². The molecular formula is C9H19N3O. The van der Waals surface area contributed by atoms with Crippen molar-refractivity contribution in [3.8, 4) is 0 Å². The lowest BCUT2D eigenvalue weighted by Gasteiger charge is -2.28. The zero-order valence-corrected chi connectivity index (χ0v) is 8.42. The Bertz CT molecular complexity index is 182. The monoisotopic (exact) mass is 185 g/mol. The van der Waals surface area contributed by atoms with Gasteiger partial charge in [0.25, 0.3) is 0 Å². The van der Waals surface area contributed by atoms with Crippen LogP contribution in [0.4, 0.5) is 0 Å². The van der Waals surface area contributed by atoms with Crippen molar-refractivity contribution in [1.29, 1.82) is 0 Å². The van der Waals surface area contributed by atoms with Gasteiger partial charge in [0.15, 0.2) is 0 Å². The van der Waals surface area contributed by atoms with Gasteiger partial charge in [0.2, 0.25) is 5.91 Å². The number of nitrogens with one attached hydrogen (secondary N) is 1. The number of nitrogens with zero attached hydrogens (tertiary/aromatic N) is 1. The number of nitrogens with two attached hydrogens (primary N) is 1. The van der Waals surface area contributed by atoms with E-state index >= 15 is 0 Å². The van der Waals surface area contributed by atoms with E-state index in [0.717, 1.165) is 25.9 Å². The average Bonchev–Trinajstić information content (AvgIpc) is 2.27. The van der Waals surface area contributed by atoms with E-state index < -0.39 is 0 Å². The summed E-state index contributed by atoms with van der Waals surface area (Å²) in [6.07, 6.45) is 1.86. The molecular weight excluding hydrogens is 166 g/mol. The molecule has 4 nitrogen and oxygen atoms in total. The van der Waals surface area contributed by atoms with Crippen molar-refractivity contribution in [3.63, 3.8) is 0 Å². The van der Waals surface area contributed by atoms with E-state index in [2.05, 4.69) is 10.2 Å². The van der Waals surface area contributed by atoms with Crippen LogP contribution in [0.5, 0.6) is 0 Å². The number of rotatable bonds is 2. The molecule has 1 heterocycles. The molecule has 1 rings (SSSR count). The molecule has 0 aromatic carbocycles. The summed E-state index contributed by atoms with van der Waals surface area (Å²) in [5, 5.41) is 3.28. The Morgan fingerprint density at radius 1 is 1.38 bits per heavy atom. The molecule has 1 amide bonds. The maximum absolute atomic E-state index is 11.2. The van der Waals surface area contributed by atoms with Gasteiger partial charge >= 0.3 is 0 Å². The largest absolute Gasteiger partial charge is 0.369 e. The van der Waals surface area contributed by atoms with Gasteiger partial charge in [-0.25, -0.2) is 0 Å². The van der Waals surface area contributed by atoms with Gasteiger partial charge in [0, 0.05) is 6.04 Å². The highest BCUT2D eigenvalue weighted by Gasteiger charge is 2.29. The van der Waals surface area contributed by atoms with E-state index in [1.54, 1.807) is 0 Å². The molecule has 0 radical (unpaired) electrons. The molecule has 0 saturated carbocycles. The first kappa shape index (κ1) is 10.5. The summed E-state index contributed by atoms with van der Waals surface area (Å²) < 4.78 is 0. The molecule has 13 heavy (non-hydrogen) atoms. The van der Waals surface area contributed by atoms with Crippen molar-refractivity contribution in [2.75, 3.05) is 27.2 Å².